The summed E-state index contributed by atoms with van der Waals surface area (Å²) in [5.41, 5.74) is 4.81. The summed E-state index contributed by atoms with van der Waals surface area (Å²) in [6, 6.07) is 12.1. The summed E-state index contributed by atoms with van der Waals surface area (Å²) < 4.78 is 44.1. The number of hydrogen-bond donors (Lipinski definition) is 2. The van der Waals surface area contributed by atoms with Crippen LogP contribution in [0.5, 0.6) is 17.2 Å². The van der Waals surface area contributed by atoms with Gasteiger partial charge < -0.3 is 14.2 Å². The van der Waals surface area contributed by atoms with Crippen LogP contribution in [0.1, 0.15) is 16.7 Å². The number of nitrogens with one attached hydrogen (secondary N) is 2. The van der Waals surface area contributed by atoms with Crippen molar-refractivity contribution in [2.24, 2.45) is 5.10 Å². The van der Waals surface area contributed by atoms with E-state index in [1.807, 2.05) is 13.0 Å². The number of methoxy groups -OCH3 is 3. The fraction of sp³-hybridized carbons (Fsp3) is 0.208. The fourth-order valence-electron chi connectivity index (χ4n) is 3.41. The Morgan fingerprint density at radius 3 is 2.11 bits per heavy atom. The van der Waals surface area contributed by atoms with Gasteiger partial charge in [0.15, 0.2) is 11.5 Å². The number of sulfonamides is 1. The number of anilines is 2. The summed E-state index contributed by atoms with van der Waals surface area (Å²) in [7, 11) is 0.368. The Balaban J connectivity index is 1.87. The van der Waals surface area contributed by atoms with Crippen molar-refractivity contribution in [3.63, 3.8) is 0 Å². The second-order valence-electron chi connectivity index (χ2n) is 7.69. The van der Waals surface area contributed by atoms with Gasteiger partial charge in [0.25, 0.3) is 15.7 Å². The molecule has 3 aromatic carbocycles. The summed E-state index contributed by atoms with van der Waals surface area (Å²) in [4.78, 5) is 10.7. The van der Waals surface area contributed by atoms with Crippen molar-refractivity contribution < 1.29 is 27.6 Å². The number of nitro groups is 1. The van der Waals surface area contributed by atoms with Crippen molar-refractivity contribution in [1.82, 2.24) is 0 Å². The first kappa shape index (κ1) is 26.3. The number of benzene rings is 3. The number of hydrogen-bond acceptors (Lipinski definition) is 9. The normalized spacial score (nSPS) is 11.2. The molecule has 0 saturated heterocycles. The first-order chi connectivity index (χ1) is 17.1. The molecule has 0 bridgehead atoms. The average Bonchev–Trinajstić information content (AvgIpc) is 2.84. The highest BCUT2D eigenvalue weighted by molar-refractivity contribution is 7.92. The van der Waals surface area contributed by atoms with Gasteiger partial charge in [-0.1, -0.05) is 17.7 Å². The lowest BCUT2D eigenvalue weighted by atomic mass is 10.1. The van der Waals surface area contributed by atoms with Gasteiger partial charge in [-0.3, -0.25) is 20.3 Å². The molecule has 0 unspecified atom stereocenters. The van der Waals surface area contributed by atoms with Crippen LogP contribution in [0.2, 0.25) is 0 Å². The molecule has 0 amide bonds. The molecule has 3 rings (SSSR count). The second-order valence-corrected chi connectivity index (χ2v) is 9.37. The Labute approximate surface area is 208 Å². The van der Waals surface area contributed by atoms with Crippen LogP contribution in [0.3, 0.4) is 0 Å². The summed E-state index contributed by atoms with van der Waals surface area (Å²) in [5.74, 6) is 1.23. The summed E-state index contributed by atoms with van der Waals surface area (Å²) in [6.45, 7) is 3.66. The summed E-state index contributed by atoms with van der Waals surface area (Å²) in [6.07, 6.45) is 1.40. The van der Waals surface area contributed by atoms with E-state index in [9.17, 15) is 18.5 Å². The van der Waals surface area contributed by atoms with Gasteiger partial charge in [0.1, 0.15) is 5.69 Å². The van der Waals surface area contributed by atoms with Crippen LogP contribution in [0.4, 0.5) is 17.1 Å². The lowest BCUT2D eigenvalue weighted by molar-refractivity contribution is -0.384. The summed E-state index contributed by atoms with van der Waals surface area (Å²) >= 11 is 0. The topological polar surface area (TPSA) is 141 Å². The number of rotatable bonds is 10. The molecule has 0 radical (unpaired) electrons. The number of ether oxygens (including phenoxy) is 3. The molecule has 0 aliphatic rings. The maximum Gasteiger partial charge on any atom is 0.295 e. The molecular weight excluding hydrogens is 488 g/mol. The monoisotopic (exact) mass is 514 g/mol. The smallest absolute Gasteiger partial charge is 0.295 e. The van der Waals surface area contributed by atoms with E-state index in [0.717, 1.165) is 17.2 Å². The minimum absolute atomic E-state index is 0.00848. The van der Waals surface area contributed by atoms with Crippen molar-refractivity contribution in [2.45, 2.75) is 18.7 Å². The van der Waals surface area contributed by atoms with E-state index in [-0.39, 0.29) is 10.6 Å². The van der Waals surface area contributed by atoms with Crippen molar-refractivity contribution in [2.75, 3.05) is 31.5 Å². The Bertz CT molecular complexity index is 1400. The quantitative estimate of drug-likeness (QED) is 0.229. The molecule has 0 aliphatic carbocycles. The average molecular weight is 515 g/mol. The Hall–Kier alpha value is -4.32. The Morgan fingerprint density at radius 2 is 1.56 bits per heavy atom. The van der Waals surface area contributed by atoms with E-state index >= 15 is 0 Å². The zero-order valence-corrected chi connectivity index (χ0v) is 21.2. The van der Waals surface area contributed by atoms with Crippen LogP contribution in [0.15, 0.2) is 58.5 Å². The van der Waals surface area contributed by atoms with E-state index in [0.29, 0.717) is 28.5 Å². The Kier molecular flexibility index (Phi) is 8.00. The first-order valence-corrected chi connectivity index (χ1v) is 12.1. The maximum atomic E-state index is 12.9. The first-order valence-electron chi connectivity index (χ1n) is 10.6. The molecule has 0 spiro atoms. The van der Waals surface area contributed by atoms with Gasteiger partial charge in [0, 0.05) is 11.6 Å². The molecule has 3 aromatic rings. The predicted molar refractivity (Wildman–Crippen MR) is 137 cm³/mol. The second kappa shape index (κ2) is 11.0. The van der Waals surface area contributed by atoms with Crippen LogP contribution in [-0.4, -0.2) is 40.9 Å². The van der Waals surface area contributed by atoms with Crippen molar-refractivity contribution in [3.05, 3.63) is 75.3 Å². The predicted octanol–water partition coefficient (Wildman–Crippen LogP) is 4.48. The Morgan fingerprint density at radius 1 is 0.917 bits per heavy atom. The van der Waals surface area contributed by atoms with Crippen LogP contribution in [0.25, 0.3) is 0 Å². The minimum atomic E-state index is -4.07. The van der Waals surface area contributed by atoms with Gasteiger partial charge in [0.05, 0.1) is 43.1 Å². The number of nitro benzene ring substituents is 1. The standard InChI is InChI=1S/C24H26N4O7S/c1-15-6-8-19(16(2)10-15)27-36(31,32)18-7-9-20(21(13-18)28(29)30)26-25-14-17-11-22(33-3)24(35-5)23(12-17)34-4/h6-14,26-27H,1-5H3/b25-14+. The van der Waals surface area contributed by atoms with Gasteiger partial charge in [-0.05, 0) is 49.7 Å². The molecule has 36 heavy (non-hydrogen) atoms. The molecule has 190 valence electrons. The zero-order chi connectivity index (χ0) is 26.5. The van der Waals surface area contributed by atoms with Gasteiger partial charge in [-0.15, -0.1) is 0 Å². The van der Waals surface area contributed by atoms with Crippen molar-refractivity contribution in [1.29, 1.82) is 0 Å². The molecule has 0 aromatic heterocycles. The molecule has 0 fully saturated rings. The summed E-state index contributed by atoms with van der Waals surface area (Å²) in [5, 5.41) is 15.7. The third-order valence-corrected chi connectivity index (χ3v) is 6.55. The molecule has 0 atom stereocenters. The van der Waals surface area contributed by atoms with Crippen LogP contribution in [0, 0.1) is 24.0 Å². The van der Waals surface area contributed by atoms with Gasteiger partial charge in [-0.25, -0.2) is 8.42 Å². The lowest BCUT2D eigenvalue weighted by Crippen LogP contribution is -2.14. The molecule has 0 aliphatic heterocycles. The minimum Gasteiger partial charge on any atom is -0.493 e. The van der Waals surface area contributed by atoms with Crippen LogP contribution < -0.4 is 24.4 Å². The van der Waals surface area contributed by atoms with Crippen molar-refractivity contribution >= 4 is 33.3 Å². The molecule has 2 N–H and O–H groups in total. The zero-order valence-electron chi connectivity index (χ0n) is 20.4. The van der Waals surface area contributed by atoms with E-state index < -0.39 is 20.6 Å². The molecule has 0 saturated carbocycles. The van der Waals surface area contributed by atoms with E-state index in [4.69, 9.17) is 14.2 Å². The fourth-order valence-corrected chi connectivity index (χ4v) is 4.56. The molecule has 0 heterocycles. The molecular formula is C24H26N4O7S. The molecule has 11 nitrogen and oxygen atoms in total. The highest BCUT2D eigenvalue weighted by Crippen LogP contribution is 2.38. The lowest BCUT2D eigenvalue weighted by Gasteiger charge is -2.13. The van der Waals surface area contributed by atoms with Gasteiger partial charge in [-0.2, -0.15) is 5.10 Å². The SMILES string of the molecule is COc1cc(/C=N/Nc2ccc(S(=O)(=O)Nc3ccc(C)cc3C)cc2[N+](=O)[O-])cc(OC)c1OC. The van der Waals surface area contributed by atoms with E-state index in [1.165, 1.54) is 39.7 Å². The number of hydrazone groups is 1. The van der Waals surface area contributed by atoms with E-state index in [1.54, 1.807) is 31.2 Å². The third-order valence-electron chi connectivity index (χ3n) is 5.19. The van der Waals surface area contributed by atoms with Crippen LogP contribution in [-0.2, 0) is 10.0 Å². The van der Waals surface area contributed by atoms with Gasteiger partial charge in [0.2, 0.25) is 5.75 Å². The van der Waals surface area contributed by atoms with Crippen LogP contribution >= 0.6 is 0 Å². The highest BCUT2D eigenvalue weighted by atomic mass is 32.2. The maximum absolute atomic E-state index is 12.9. The highest BCUT2D eigenvalue weighted by Gasteiger charge is 2.22. The number of nitrogens with zero attached hydrogens (tertiary/aromatic N) is 2. The van der Waals surface area contributed by atoms with Crippen molar-refractivity contribution in [3.8, 4) is 17.2 Å². The largest absolute Gasteiger partial charge is 0.493 e. The number of aryl methyl sites for hydroxylation is 2. The van der Waals surface area contributed by atoms with Gasteiger partial charge >= 0.3 is 0 Å². The van der Waals surface area contributed by atoms with E-state index in [2.05, 4.69) is 15.2 Å². The third kappa shape index (κ3) is 5.84. The molecule has 12 heteroatoms.